The predicted octanol–water partition coefficient (Wildman–Crippen LogP) is 4.69. The van der Waals surface area contributed by atoms with Crippen molar-refractivity contribution in [2.24, 2.45) is 0 Å². The Morgan fingerprint density at radius 2 is 1.87 bits per heavy atom. The summed E-state index contributed by atoms with van der Waals surface area (Å²) in [5, 5.41) is 10.7. The van der Waals surface area contributed by atoms with Crippen LogP contribution in [0, 0.1) is 13.8 Å². The zero-order valence-corrected chi connectivity index (χ0v) is 16.9. The lowest BCUT2D eigenvalue weighted by Crippen LogP contribution is -2.31. The van der Waals surface area contributed by atoms with Crippen LogP contribution in [0.15, 0.2) is 76.6 Å². The van der Waals surface area contributed by atoms with Gasteiger partial charge in [-0.2, -0.15) is 0 Å². The van der Waals surface area contributed by atoms with Crippen molar-refractivity contribution in [3.63, 3.8) is 0 Å². The number of ketones is 1. The maximum absolute atomic E-state index is 13.2. The van der Waals surface area contributed by atoms with Gasteiger partial charge in [-0.1, -0.05) is 18.2 Å². The summed E-state index contributed by atoms with van der Waals surface area (Å²) in [6.07, 6.45) is 1.38. The number of methoxy groups -OCH3 is 1. The molecule has 0 bridgehead atoms. The molecule has 0 radical (unpaired) electrons. The van der Waals surface area contributed by atoms with Crippen molar-refractivity contribution in [1.29, 1.82) is 0 Å². The molecule has 4 rings (SSSR count). The second-order valence-electron chi connectivity index (χ2n) is 7.19. The molecule has 1 unspecified atom stereocenters. The number of carbonyl (C=O) groups is 2. The van der Waals surface area contributed by atoms with Gasteiger partial charge in [0.2, 0.25) is 5.78 Å². The fourth-order valence-electron chi connectivity index (χ4n) is 3.65. The number of rotatable bonds is 5. The largest absolute Gasteiger partial charge is 0.503 e. The van der Waals surface area contributed by atoms with Crippen LogP contribution in [0.25, 0.3) is 0 Å². The second-order valence-corrected chi connectivity index (χ2v) is 7.19. The molecule has 0 fully saturated rings. The Bertz CT molecular complexity index is 1160. The topological polar surface area (TPSA) is 80.0 Å². The fourth-order valence-corrected chi connectivity index (χ4v) is 3.65. The molecule has 6 heteroatoms. The molecule has 1 N–H and O–H groups in total. The first-order valence-electron chi connectivity index (χ1n) is 9.48. The van der Waals surface area contributed by atoms with Crippen LogP contribution in [-0.4, -0.2) is 23.9 Å². The van der Waals surface area contributed by atoms with E-state index in [0.29, 0.717) is 17.0 Å². The number of nitrogens with zero attached hydrogens (tertiary/aromatic N) is 1. The summed E-state index contributed by atoms with van der Waals surface area (Å²) in [7, 11) is 1.54. The molecule has 1 atom stereocenters. The summed E-state index contributed by atoms with van der Waals surface area (Å²) in [5.41, 5.74) is 3.27. The van der Waals surface area contributed by atoms with E-state index >= 15 is 0 Å². The van der Waals surface area contributed by atoms with E-state index < -0.39 is 23.5 Å². The Hall–Kier alpha value is -3.80. The molecule has 2 aromatic carbocycles. The van der Waals surface area contributed by atoms with E-state index in [2.05, 4.69) is 0 Å². The van der Waals surface area contributed by atoms with E-state index in [1.54, 1.807) is 43.5 Å². The number of hydrogen-bond acceptors (Lipinski definition) is 5. The minimum Gasteiger partial charge on any atom is -0.503 e. The summed E-state index contributed by atoms with van der Waals surface area (Å²) in [6.45, 7) is 3.92. The molecular weight excluding hydrogens is 382 g/mol. The second kappa shape index (κ2) is 7.55. The van der Waals surface area contributed by atoms with Crippen LogP contribution in [0.4, 0.5) is 5.69 Å². The molecule has 0 saturated carbocycles. The molecule has 1 amide bonds. The van der Waals surface area contributed by atoms with Crippen LogP contribution < -0.4 is 9.64 Å². The van der Waals surface area contributed by atoms with Gasteiger partial charge in [0, 0.05) is 5.69 Å². The average molecular weight is 403 g/mol. The number of hydrogen-bond donors (Lipinski definition) is 1. The number of aryl methyl sites for hydroxylation is 2. The predicted molar refractivity (Wildman–Crippen MR) is 112 cm³/mol. The van der Waals surface area contributed by atoms with E-state index in [0.717, 1.165) is 11.1 Å². The lowest BCUT2D eigenvalue weighted by molar-refractivity contribution is -0.117. The van der Waals surface area contributed by atoms with Crippen molar-refractivity contribution in [2.75, 3.05) is 12.0 Å². The Balaban J connectivity index is 1.90. The first-order chi connectivity index (χ1) is 14.4. The smallest absolute Gasteiger partial charge is 0.294 e. The van der Waals surface area contributed by atoms with Gasteiger partial charge in [-0.3, -0.25) is 14.5 Å². The van der Waals surface area contributed by atoms with Crippen LogP contribution in [-0.2, 0) is 4.79 Å². The summed E-state index contributed by atoms with van der Waals surface area (Å²) in [5.74, 6) is -1.12. The molecule has 30 heavy (non-hydrogen) atoms. The Morgan fingerprint density at radius 3 is 2.53 bits per heavy atom. The van der Waals surface area contributed by atoms with Crippen LogP contribution in [0.2, 0.25) is 0 Å². The first kappa shape index (κ1) is 19.5. The highest BCUT2D eigenvalue weighted by atomic mass is 16.5. The van der Waals surface area contributed by atoms with Gasteiger partial charge in [0.05, 0.1) is 25.0 Å². The standard InChI is InChI=1S/C24H21NO5/c1-14-9-10-17(12-15(14)2)25-21(16-6-4-7-18(13-16)29-3)20(23(27)24(25)28)22(26)19-8-5-11-30-19/h4-13,21,27H,1-3H3. The van der Waals surface area contributed by atoms with E-state index in [4.69, 9.17) is 9.15 Å². The van der Waals surface area contributed by atoms with E-state index in [-0.39, 0.29) is 11.3 Å². The lowest BCUT2D eigenvalue weighted by atomic mass is 9.94. The van der Waals surface area contributed by atoms with Gasteiger partial charge in [-0.25, -0.2) is 0 Å². The van der Waals surface area contributed by atoms with Gasteiger partial charge < -0.3 is 14.3 Å². The van der Waals surface area contributed by atoms with Gasteiger partial charge in [-0.15, -0.1) is 0 Å². The number of amides is 1. The molecule has 0 spiro atoms. The highest BCUT2D eigenvalue weighted by molar-refractivity contribution is 6.20. The number of Topliss-reactive ketones (excluding diaryl/α,β-unsaturated/α-hetero) is 1. The maximum Gasteiger partial charge on any atom is 0.294 e. The van der Waals surface area contributed by atoms with Gasteiger partial charge in [0.1, 0.15) is 5.75 Å². The normalized spacial score (nSPS) is 16.3. The molecule has 6 nitrogen and oxygen atoms in total. The molecule has 0 aliphatic carbocycles. The monoisotopic (exact) mass is 403 g/mol. The SMILES string of the molecule is COc1cccc(C2C(C(=O)c3ccco3)=C(O)C(=O)N2c2ccc(C)c(C)c2)c1. The molecule has 0 saturated heterocycles. The molecular formula is C24H21NO5. The summed E-state index contributed by atoms with van der Waals surface area (Å²) >= 11 is 0. The average Bonchev–Trinajstić information content (AvgIpc) is 3.37. The van der Waals surface area contributed by atoms with Crippen molar-refractivity contribution in [2.45, 2.75) is 19.9 Å². The fraction of sp³-hybridized carbons (Fsp3) is 0.167. The Kier molecular flexibility index (Phi) is 4.91. The van der Waals surface area contributed by atoms with Crippen molar-refractivity contribution in [3.8, 4) is 5.75 Å². The van der Waals surface area contributed by atoms with Crippen LogP contribution in [0.5, 0.6) is 5.75 Å². The van der Waals surface area contributed by atoms with Gasteiger partial charge in [-0.05, 0) is 66.9 Å². The number of anilines is 1. The molecule has 3 aromatic rings. The van der Waals surface area contributed by atoms with Gasteiger partial charge in [0.25, 0.3) is 5.91 Å². The van der Waals surface area contributed by atoms with Crippen LogP contribution in [0.1, 0.15) is 33.3 Å². The van der Waals surface area contributed by atoms with Gasteiger partial charge in [0.15, 0.2) is 11.5 Å². The highest BCUT2D eigenvalue weighted by Gasteiger charge is 2.45. The van der Waals surface area contributed by atoms with Crippen molar-refractivity contribution in [1.82, 2.24) is 0 Å². The van der Waals surface area contributed by atoms with Crippen LogP contribution in [0.3, 0.4) is 0 Å². The van der Waals surface area contributed by atoms with Crippen molar-refractivity contribution < 1.29 is 23.8 Å². The Labute approximate surface area is 174 Å². The minimum atomic E-state index is -0.827. The quantitative estimate of drug-likeness (QED) is 0.625. The number of aliphatic hydroxyl groups excluding tert-OH is 1. The Morgan fingerprint density at radius 1 is 1.07 bits per heavy atom. The zero-order chi connectivity index (χ0) is 21.4. The number of furan rings is 1. The zero-order valence-electron chi connectivity index (χ0n) is 16.9. The first-order valence-corrected chi connectivity index (χ1v) is 9.48. The maximum atomic E-state index is 13.2. The molecule has 1 aliphatic rings. The minimum absolute atomic E-state index is 0.0265. The summed E-state index contributed by atoms with van der Waals surface area (Å²) in [6, 6.07) is 15.0. The van der Waals surface area contributed by atoms with E-state index in [1.165, 1.54) is 17.2 Å². The molecule has 152 valence electrons. The lowest BCUT2D eigenvalue weighted by Gasteiger charge is -2.27. The third kappa shape index (κ3) is 3.16. The number of benzene rings is 2. The third-order valence-electron chi connectivity index (χ3n) is 5.38. The van der Waals surface area contributed by atoms with Crippen molar-refractivity contribution in [3.05, 3.63) is 94.6 Å². The molecule has 1 aromatic heterocycles. The van der Waals surface area contributed by atoms with E-state index in [1.807, 2.05) is 26.0 Å². The van der Waals surface area contributed by atoms with Gasteiger partial charge >= 0.3 is 0 Å². The number of carbonyl (C=O) groups excluding carboxylic acids is 2. The summed E-state index contributed by atoms with van der Waals surface area (Å²) < 4.78 is 10.6. The van der Waals surface area contributed by atoms with Crippen molar-refractivity contribution >= 4 is 17.4 Å². The molecule has 1 aliphatic heterocycles. The summed E-state index contributed by atoms with van der Waals surface area (Å²) in [4.78, 5) is 27.7. The van der Waals surface area contributed by atoms with E-state index in [9.17, 15) is 14.7 Å². The van der Waals surface area contributed by atoms with Crippen LogP contribution >= 0.6 is 0 Å². The number of ether oxygens (including phenoxy) is 1. The number of aliphatic hydroxyl groups is 1. The highest BCUT2D eigenvalue weighted by Crippen LogP contribution is 2.42. The molecule has 2 heterocycles. The third-order valence-corrected chi connectivity index (χ3v) is 5.38.